The van der Waals surface area contributed by atoms with Crippen LogP contribution in [0.25, 0.3) is 0 Å². The SMILES string of the molecule is CCNC(c1ccc(F)cc1Cl)c1cc(Cl)ccc1OC. The van der Waals surface area contributed by atoms with Crippen LogP contribution in [0.5, 0.6) is 5.75 Å². The van der Waals surface area contributed by atoms with Crippen molar-refractivity contribution in [3.05, 3.63) is 63.4 Å². The third kappa shape index (κ3) is 3.67. The number of halogens is 3. The smallest absolute Gasteiger partial charge is 0.124 e. The maximum absolute atomic E-state index is 13.3. The second kappa shape index (κ2) is 7.12. The summed E-state index contributed by atoms with van der Waals surface area (Å²) < 4.78 is 18.7. The van der Waals surface area contributed by atoms with Crippen molar-refractivity contribution >= 4 is 23.2 Å². The predicted molar refractivity (Wildman–Crippen MR) is 84.9 cm³/mol. The van der Waals surface area contributed by atoms with Gasteiger partial charge in [-0.25, -0.2) is 4.39 Å². The first-order chi connectivity index (χ1) is 10.1. The summed E-state index contributed by atoms with van der Waals surface area (Å²) in [6, 6.07) is 9.54. The molecule has 2 aromatic carbocycles. The molecule has 0 radical (unpaired) electrons. The Morgan fingerprint density at radius 2 is 1.90 bits per heavy atom. The fourth-order valence-electron chi connectivity index (χ4n) is 2.26. The first kappa shape index (κ1) is 16.1. The van der Waals surface area contributed by atoms with Crippen LogP contribution in [0.3, 0.4) is 0 Å². The second-order valence-electron chi connectivity index (χ2n) is 4.54. The van der Waals surface area contributed by atoms with Crippen LogP contribution in [0.1, 0.15) is 24.1 Å². The number of benzene rings is 2. The van der Waals surface area contributed by atoms with Gasteiger partial charge in [0.2, 0.25) is 0 Å². The minimum Gasteiger partial charge on any atom is -0.496 e. The topological polar surface area (TPSA) is 21.3 Å². The minimum atomic E-state index is -0.364. The summed E-state index contributed by atoms with van der Waals surface area (Å²) in [5.74, 6) is 0.336. The Labute approximate surface area is 133 Å². The fourth-order valence-corrected chi connectivity index (χ4v) is 2.71. The van der Waals surface area contributed by atoms with Crippen molar-refractivity contribution in [2.45, 2.75) is 13.0 Å². The first-order valence-electron chi connectivity index (χ1n) is 6.58. The normalized spacial score (nSPS) is 12.2. The number of hydrogen-bond acceptors (Lipinski definition) is 2. The van der Waals surface area contributed by atoms with Crippen LogP contribution in [0.4, 0.5) is 4.39 Å². The lowest BCUT2D eigenvalue weighted by Crippen LogP contribution is -2.23. The molecule has 1 atom stereocenters. The average molecular weight is 328 g/mol. The van der Waals surface area contributed by atoms with Crippen LogP contribution < -0.4 is 10.1 Å². The highest BCUT2D eigenvalue weighted by Gasteiger charge is 2.20. The van der Waals surface area contributed by atoms with E-state index in [4.69, 9.17) is 27.9 Å². The molecule has 1 N–H and O–H groups in total. The van der Waals surface area contributed by atoms with Crippen molar-refractivity contribution in [3.8, 4) is 5.75 Å². The van der Waals surface area contributed by atoms with Gasteiger partial charge in [-0.05, 0) is 42.4 Å². The number of hydrogen-bond donors (Lipinski definition) is 1. The van der Waals surface area contributed by atoms with Crippen molar-refractivity contribution in [2.75, 3.05) is 13.7 Å². The lowest BCUT2D eigenvalue weighted by Gasteiger charge is -2.22. The Morgan fingerprint density at radius 1 is 1.14 bits per heavy atom. The van der Waals surface area contributed by atoms with Gasteiger partial charge in [0.1, 0.15) is 11.6 Å². The van der Waals surface area contributed by atoms with Crippen molar-refractivity contribution in [1.29, 1.82) is 0 Å². The highest BCUT2D eigenvalue weighted by molar-refractivity contribution is 6.31. The quantitative estimate of drug-likeness (QED) is 0.848. The summed E-state index contributed by atoms with van der Waals surface area (Å²) in [6.07, 6.45) is 0. The molecule has 0 heterocycles. The van der Waals surface area contributed by atoms with Crippen molar-refractivity contribution in [2.24, 2.45) is 0 Å². The van der Waals surface area contributed by atoms with E-state index in [-0.39, 0.29) is 11.9 Å². The third-order valence-corrected chi connectivity index (χ3v) is 3.75. The van der Waals surface area contributed by atoms with E-state index in [9.17, 15) is 4.39 Å². The third-order valence-electron chi connectivity index (χ3n) is 3.18. The molecule has 0 amide bonds. The van der Waals surface area contributed by atoms with Gasteiger partial charge in [0.25, 0.3) is 0 Å². The molecule has 112 valence electrons. The Bertz CT molecular complexity index is 634. The Kier molecular flexibility index (Phi) is 5.45. The molecule has 0 saturated carbocycles. The van der Waals surface area contributed by atoms with Gasteiger partial charge in [-0.2, -0.15) is 0 Å². The molecular formula is C16H16Cl2FNO. The average Bonchev–Trinajstić information content (AvgIpc) is 2.45. The number of rotatable bonds is 5. The fraction of sp³-hybridized carbons (Fsp3) is 0.250. The molecule has 0 aromatic heterocycles. The van der Waals surface area contributed by atoms with Gasteiger partial charge < -0.3 is 10.1 Å². The minimum absolute atomic E-state index is 0.225. The van der Waals surface area contributed by atoms with E-state index in [1.165, 1.54) is 12.1 Å². The molecule has 0 fully saturated rings. The van der Waals surface area contributed by atoms with Gasteiger partial charge in [0.05, 0.1) is 13.2 Å². The summed E-state index contributed by atoms with van der Waals surface area (Å²) in [7, 11) is 1.60. The summed E-state index contributed by atoms with van der Waals surface area (Å²) in [5, 5.41) is 4.30. The standard InChI is InChI=1S/C16H16Cl2FNO/c1-3-20-16(12-6-5-11(19)9-14(12)18)13-8-10(17)4-7-15(13)21-2/h4-9,16,20H,3H2,1-2H3. The van der Waals surface area contributed by atoms with Crippen molar-refractivity contribution < 1.29 is 9.13 Å². The number of nitrogens with one attached hydrogen (secondary N) is 1. The van der Waals surface area contributed by atoms with E-state index in [0.717, 1.165) is 11.1 Å². The monoisotopic (exact) mass is 327 g/mol. The first-order valence-corrected chi connectivity index (χ1v) is 7.34. The van der Waals surface area contributed by atoms with E-state index in [1.807, 2.05) is 13.0 Å². The maximum Gasteiger partial charge on any atom is 0.124 e. The van der Waals surface area contributed by atoms with Gasteiger partial charge in [-0.15, -0.1) is 0 Å². The second-order valence-corrected chi connectivity index (χ2v) is 5.39. The predicted octanol–water partition coefficient (Wildman–Crippen LogP) is 4.84. The maximum atomic E-state index is 13.3. The summed E-state index contributed by atoms with van der Waals surface area (Å²) in [5.41, 5.74) is 1.64. The molecule has 0 aliphatic heterocycles. The van der Waals surface area contributed by atoms with Crippen LogP contribution >= 0.6 is 23.2 Å². The summed E-state index contributed by atoms with van der Waals surface area (Å²) in [6.45, 7) is 2.70. The van der Waals surface area contributed by atoms with Crippen LogP contribution in [0.15, 0.2) is 36.4 Å². The number of methoxy groups -OCH3 is 1. The van der Waals surface area contributed by atoms with E-state index in [1.54, 1.807) is 25.3 Å². The van der Waals surface area contributed by atoms with Crippen molar-refractivity contribution in [1.82, 2.24) is 5.32 Å². The van der Waals surface area contributed by atoms with Crippen LogP contribution in [0, 0.1) is 5.82 Å². The Hall–Kier alpha value is -1.29. The van der Waals surface area contributed by atoms with E-state index in [2.05, 4.69) is 5.32 Å². The van der Waals surface area contributed by atoms with Gasteiger partial charge >= 0.3 is 0 Å². The molecule has 5 heteroatoms. The molecule has 21 heavy (non-hydrogen) atoms. The Morgan fingerprint density at radius 3 is 2.52 bits per heavy atom. The Balaban J connectivity index is 2.55. The molecule has 0 saturated heterocycles. The van der Waals surface area contributed by atoms with Crippen LogP contribution in [-0.4, -0.2) is 13.7 Å². The highest BCUT2D eigenvalue weighted by atomic mass is 35.5. The summed E-state index contributed by atoms with van der Waals surface area (Å²) >= 11 is 12.3. The lowest BCUT2D eigenvalue weighted by molar-refractivity contribution is 0.404. The van der Waals surface area contributed by atoms with Crippen LogP contribution in [0.2, 0.25) is 10.0 Å². The molecule has 2 nitrogen and oxygen atoms in total. The van der Waals surface area contributed by atoms with E-state index >= 15 is 0 Å². The molecule has 0 aliphatic rings. The van der Waals surface area contributed by atoms with Gasteiger partial charge in [0.15, 0.2) is 0 Å². The molecule has 0 aliphatic carbocycles. The van der Waals surface area contributed by atoms with Gasteiger partial charge in [-0.1, -0.05) is 36.2 Å². The molecule has 2 aromatic rings. The molecule has 1 unspecified atom stereocenters. The highest BCUT2D eigenvalue weighted by Crippen LogP contribution is 2.35. The van der Waals surface area contributed by atoms with Gasteiger partial charge in [0, 0.05) is 15.6 Å². The number of ether oxygens (including phenoxy) is 1. The zero-order chi connectivity index (χ0) is 15.4. The molecule has 0 bridgehead atoms. The molecular weight excluding hydrogens is 312 g/mol. The van der Waals surface area contributed by atoms with E-state index < -0.39 is 0 Å². The lowest BCUT2D eigenvalue weighted by atomic mass is 9.97. The van der Waals surface area contributed by atoms with Gasteiger partial charge in [-0.3, -0.25) is 0 Å². The van der Waals surface area contributed by atoms with Crippen LogP contribution in [-0.2, 0) is 0 Å². The largest absolute Gasteiger partial charge is 0.496 e. The molecule has 2 rings (SSSR count). The zero-order valence-corrected chi connectivity index (χ0v) is 13.3. The van der Waals surface area contributed by atoms with Crippen molar-refractivity contribution in [3.63, 3.8) is 0 Å². The van der Waals surface area contributed by atoms with E-state index in [0.29, 0.717) is 22.3 Å². The zero-order valence-electron chi connectivity index (χ0n) is 11.8. The molecule has 0 spiro atoms. The summed E-state index contributed by atoms with van der Waals surface area (Å²) in [4.78, 5) is 0.